The zero-order valence-corrected chi connectivity index (χ0v) is 12.5. The summed E-state index contributed by atoms with van der Waals surface area (Å²) < 4.78 is 1.59. The van der Waals surface area contributed by atoms with E-state index in [0.717, 1.165) is 19.4 Å². The van der Waals surface area contributed by atoms with Gasteiger partial charge in [0.15, 0.2) is 0 Å². The highest BCUT2D eigenvalue weighted by Gasteiger charge is 2.37. The Morgan fingerprint density at radius 2 is 2.14 bits per heavy atom. The molecule has 7 nitrogen and oxygen atoms in total. The van der Waals surface area contributed by atoms with E-state index in [4.69, 9.17) is 5.11 Å². The third-order valence-electron chi connectivity index (χ3n) is 4.39. The Labute approximate surface area is 129 Å². The van der Waals surface area contributed by atoms with Crippen LogP contribution in [-0.2, 0) is 16.1 Å². The van der Waals surface area contributed by atoms with Crippen LogP contribution >= 0.6 is 0 Å². The number of carbonyl (C=O) groups is 2. The molecule has 7 heteroatoms. The fourth-order valence-corrected chi connectivity index (χ4v) is 2.97. The SMILES string of the molecule is O=C(O)CN(CC1CC1)C1CC(NC(=O)Cn2cccn2)C1. The lowest BCUT2D eigenvalue weighted by molar-refractivity contribution is -0.140. The van der Waals surface area contributed by atoms with Crippen molar-refractivity contribution in [2.75, 3.05) is 13.1 Å². The van der Waals surface area contributed by atoms with Crippen molar-refractivity contribution in [3.63, 3.8) is 0 Å². The number of nitrogens with zero attached hydrogens (tertiary/aromatic N) is 3. The summed E-state index contributed by atoms with van der Waals surface area (Å²) in [4.78, 5) is 24.9. The molecule has 0 atom stereocenters. The van der Waals surface area contributed by atoms with Crippen molar-refractivity contribution < 1.29 is 14.7 Å². The molecule has 2 aliphatic carbocycles. The van der Waals surface area contributed by atoms with Gasteiger partial charge in [0.25, 0.3) is 0 Å². The zero-order chi connectivity index (χ0) is 15.5. The number of carbonyl (C=O) groups excluding carboxylic acids is 1. The number of aliphatic carboxylic acids is 1. The van der Waals surface area contributed by atoms with Crippen LogP contribution in [0.4, 0.5) is 0 Å². The molecule has 22 heavy (non-hydrogen) atoms. The molecule has 2 aliphatic rings. The van der Waals surface area contributed by atoms with Crippen LogP contribution in [-0.4, -0.2) is 56.8 Å². The van der Waals surface area contributed by atoms with E-state index in [2.05, 4.69) is 15.3 Å². The maximum atomic E-state index is 11.9. The summed E-state index contributed by atoms with van der Waals surface area (Å²) >= 11 is 0. The summed E-state index contributed by atoms with van der Waals surface area (Å²) in [7, 11) is 0. The van der Waals surface area contributed by atoms with Gasteiger partial charge in [-0.2, -0.15) is 5.10 Å². The summed E-state index contributed by atoms with van der Waals surface area (Å²) in [6.07, 6.45) is 7.51. The van der Waals surface area contributed by atoms with Gasteiger partial charge in [-0.25, -0.2) is 0 Å². The maximum absolute atomic E-state index is 11.9. The number of nitrogens with one attached hydrogen (secondary N) is 1. The molecule has 0 saturated heterocycles. The lowest BCUT2D eigenvalue weighted by atomic mass is 9.85. The first-order chi connectivity index (χ1) is 10.6. The maximum Gasteiger partial charge on any atom is 0.317 e. The zero-order valence-electron chi connectivity index (χ0n) is 12.5. The monoisotopic (exact) mass is 306 g/mol. The lowest BCUT2D eigenvalue weighted by Crippen LogP contribution is -2.55. The van der Waals surface area contributed by atoms with Crippen LogP contribution < -0.4 is 5.32 Å². The second-order valence-electron chi connectivity index (χ2n) is 6.36. The first kappa shape index (κ1) is 15.0. The topological polar surface area (TPSA) is 87.5 Å². The molecule has 0 unspecified atom stereocenters. The molecular formula is C15H22N4O3. The van der Waals surface area contributed by atoms with E-state index < -0.39 is 5.97 Å². The van der Waals surface area contributed by atoms with E-state index in [1.807, 2.05) is 0 Å². The van der Waals surface area contributed by atoms with Crippen molar-refractivity contribution in [1.29, 1.82) is 0 Å². The van der Waals surface area contributed by atoms with E-state index >= 15 is 0 Å². The third kappa shape index (κ3) is 4.07. The number of rotatable bonds is 8. The predicted octanol–water partition coefficient (Wildman–Crippen LogP) is 0.327. The van der Waals surface area contributed by atoms with Crippen LogP contribution in [0.5, 0.6) is 0 Å². The van der Waals surface area contributed by atoms with Gasteiger partial charge >= 0.3 is 5.97 Å². The van der Waals surface area contributed by atoms with Crippen LogP contribution in [0.1, 0.15) is 25.7 Å². The van der Waals surface area contributed by atoms with Gasteiger partial charge in [-0.3, -0.25) is 19.2 Å². The Bertz CT molecular complexity index is 521. The quantitative estimate of drug-likeness (QED) is 0.722. The molecule has 0 aromatic carbocycles. The van der Waals surface area contributed by atoms with Gasteiger partial charge in [0.2, 0.25) is 5.91 Å². The number of carboxylic acid groups (broad SMARTS) is 1. The number of amides is 1. The summed E-state index contributed by atoms with van der Waals surface area (Å²) in [6.45, 7) is 1.22. The van der Waals surface area contributed by atoms with Crippen LogP contribution in [0.2, 0.25) is 0 Å². The summed E-state index contributed by atoms with van der Waals surface area (Å²) in [6, 6.07) is 2.23. The average Bonchev–Trinajstić information content (AvgIpc) is 3.07. The van der Waals surface area contributed by atoms with E-state index in [1.165, 1.54) is 12.8 Å². The smallest absolute Gasteiger partial charge is 0.317 e. The van der Waals surface area contributed by atoms with Gasteiger partial charge in [0.05, 0.1) is 6.54 Å². The van der Waals surface area contributed by atoms with Gasteiger partial charge < -0.3 is 10.4 Å². The van der Waals surface area contributed by atoms with E-state index in [1.54, 1.807) is 23.1 Å². The van der Waals surface area contributed by atoms with Gasteiger partial charge in [-0.15, -0.1) is 0 Å². The second kappa shape index (κ2) is 6.48. The fraction of sp³-hybridized carbons (Fsp3) is 0.667. The molecular weight excluding hydrogens is 284 g/mol. The van der Waals surface area contributed by atoms with Crippen molar-refractivity contribution in [2.24, 2.45) is 5.92 Å². The lowest BCUT2D eigenvalue weighted by Gasteiger charge is -2.42. The Kier molecular flexibility index (Phi) is 4.42. The summed E-state index contributed by atoms with van der Waals surface area (Å²) in [5, 5.41) is 16.0. The Balaban J connectivity index is 1.41. The minimum Gasteiger partial charge on any atom is -0.480 e. The van der Waals surface area contributed by atoms with Crippen LogP contribution in [0.25, 0.3) is 0 Å². The highest BCUT2D eigenvalue weighted by Crippen LogP contribution is 2.33. The Hall–Kier alpha value is -1.89. The molecule has 1 aromatic rings. The number of hydrogen-bond acceptors (Lipinski definition) is 4. The summed E-state index contributed by atoms with van der Waals surface area (Å²) in [5.41, 5.74) is 0. The normalized spacial score (nSPS) is 24.0. The first-order valence-electron chi connectivity index (χ1n) is 7.83. The molecule has 1 aromatic heterocycles. The van der Waals surface area contributed by atoms with Crippen LogP contribution in [0.3, 0.4) is 0 Å². The molecule has 120 valence electrons. The average molecular weight is 306 g/mol. The summed E-state index contributed by atoms with van der Waals surface area (Å²) in [5.74, 6) is -0.140. The first-order valence-corrected chi connectivity index (χ1v) is 7.83. The minimum atomic E-state index is -0.771. The van der Waals surface area contributed by atoms with Gasteiger partial charge in [0, 0.05) is 31.0 Å². The molecule has 0 aliphatic heterocycles. The van der Waals surface area contributed by atoms with Crippen molar-refractivity contribution in [3.05, 3.63) is 18.5 Å². The highest BCUT2D eigenvalue weighted by atomic mass is 16.4. The fourth-order valence-electron chi connectivity index (χ4n) is 2.97. The number of hydrogen-bond donors (Lipinski definition) is 2. The Morgan fingerprint density at radius 1 is 1.36 bits per heavy atom. The largest absolute Gasteiger partial charge is 0.480 e. The predicted molar refractivity (Wildman–Crippen MR) is 79.1 cm³/mol. The standard InChI is InChI=1S/C15H22N4O3/c20-14(9-19-5-1-4-16-19)17-12-6-13(7-12)18(10-15(21)22)8-11-2-3-11/h1,4-5,11-13H,2-3,6-10H2,(H,17,20)(H,21,22). The number of carboxylic acids is 1. The van der Waals surface area contributed by atoms with Crippen molar-refractivity contribution >= 4 is 11.9 Å². The van der Waals surface area contributed by atoms with Crippen LogP contribution in [0.15, 0.2) is 18.5 Å². The molecule has 2 N–H and O–H groups in total. The minimum absolute atomic E-state index is 0.0425. The van der Waals surface area contributed by atoms with Gasteiger partial charge in [0.1, 0.15) is 6.54 Å². The molecule has 1 amide bonds. The van der Waals surface area contributed by atoms with Crippen molar-refractivity contribution in [1.82, 2.24) is 20.0 Å². The van der Waals surface area contributed by atoms with Crippen molar-refractivity contribution in [2.45, 2.75) is 44.3 Å². The molecule has 3 rings (SSSR count). The molecule has 0 spiro atoms. The Morgan fingerprint density at radius 3 is 2.73 bits per heavy atom. The van der Waals surface area contributed by atoms with E-state index in [0.29, 0.717) is 5.92 Å². The molecule has 1 heterocycles. The third-order valence-corrected chi connectivity index (χ3v) is 4.39. The second-order valence-corrected chi connectivity index (χ2v) is 6.36. The van der Waals surface area contributed by atoms with Gasteiger partial charge in [-0.05, 0) is 37.7 Å². The van der Waals surface area contributed by atoms with Gasteiger partial charge in [-0.1, -0.05) is 0 Å². The van der Waals surface area contributed by atoms with Crippen molar-refractivity contribution in [3.8, 4) is 0 Å². The molecule has 2 fully saturated rings. The molecule has 0 radical (unpaired) electrons. The molecule has 0 bridgehead atoms. The molecule has 2 saturated carbocycles. The van der Waals surface area contributed by atoms with E-state index in [9.17, 15) is 9.59 Å². The highest BCUT2D eigenvalue weighted by molar-refractivity contribution is 5.76. The van der Waals surface area contributed by atoms with E-state index in [-0.39, 0.29) is 31.1 Å². The number of aromatic nitrogens is 2. The van der Waals surface area contributed by atoms with Crippen LogP contribution in [0, 0.1) is 5.92 Å².